The first-order valence-electron chi connectivity index (χ1n) is 5.28. The van der Waals surface area contributed by atoms with Crippen molar-refractivity contribution in [1.29, 1.82) is 5.26 Å². The minimum atomic E-state index is 0.427. The third-order valence-corrected chi connectivity index (χ3v) is 2.56. The van der Waals surface area contributed by atoms with E-state index in [0.29, 0.717) is 6.54 Å². The zero-order chi connectivity index (χ0) is 12.1. The molecule has 0 saturated carbocycles. The van der Waals surface area contributed by atoms with Crippen molar-refractivity contribution in [2.75, 3.05) is 20.7 Å². The fourth-order valence-electron chi connectivity index (χ4n) is 1.79. The summed E-state index contributed by atoms with van der Waals surface area (Å²) in [5.41, 5.74) is 3.56. The van der Waals surface area contributed by atoms with Crippen molar-refractivity contribution >= 4 is 0 Å². The molecule has 0 atom stereocenters. The minimum absolute atomic E-state index is 0.427. The Kier molecular flexibility index (Phi) is 4.33. The number of hydrogen-bond donors (Lipinski definition) is 0. The molecule has 0 heterocycles. The molecule has 0 spiro atoms. The Balaban J connectivity index is 2.99. The van der Waals surface area contributed by atoms with Gasteiger partial charge in [-0.25, -0.2) is 0 Å². The van der Waals surface area contributed by atoms with Crippen LogP contribution in [0.5, 0.6) is 5.75 Å². The second-order valence-corrected chi connectivity index (χ2v) is 4.09. The van der Waals surface area contributed by atoms with E-state index in [2.05, 4.69) is 26.0 Å². The summed E-state index contributed by atoms with van der Waals surface area (Å²) in [4.78, 5) is 1.97. The lowest BCUT2D eigenvalue weighted by Crippen LogP contribution is -2.19. The number of aryl methyl sites for hydroxylation is 2. The fourth-order valence-corrected chi connectivity index (χ4v) is 1.79. The van der Waals surface area contributed by atoms with E-state index >= 15 is 0 Å². The number of hydrogen-bond acceptors (Lipinski definition) is 3. The molecular weight excluding hydrogens is 200 g/mol. The summed E-state index contributed by atoms with van der Waals surface area (Å²) >= 11 is 0. The van der Waals surface area contributed by atoms with Gasteiger partial charge in [0.25, 0.3) is 0 Å². The molecule has 0 N–H and O–H groups in total. The molecule has 86 valence electrons. The van der Waals surface area contributed by atoms with Crippen LogP contribution in [0.15, 0.2) is 12.1 Å². The molecule has 0 amide bonds. The van der Waals surface area contributed by atoms with Crippen molar-refractivity contribution in [3.8, 4) is 11.8 Å². The van der Waals surface area contributed by atoms with Crippen molar-refractivity contribution in [3.05, 3.63) is 28.8 Å². The number of nitrogens with zero attached hydrogens (tertiary/aromatic N) is 2. The van der Waals surface area contributed by atoms with E-state index in [1.165, 1.54) is 11.1 Å². The Bertz CT molecular complexity index is 407. The van der Waals surface area contributed by atoms with E-state index in [4.69, 9.17) is 10.00 Å². The maximum Gasteiger partial charge on any atom is 0.123 e. The Morgan fingerprint density at radius 3 is 2.62 bits per heavy atom. The molecule has 0 bridgehead atoms. The van der Waals surface area contributed by atoms with Gasteiger partial charge in [0, 0.05) is 12.1 Å². The van der Waals surface area contributed by atoms with Crippen LogP contribution >= 0.6 is 0 Å². The van der Waals surface area contributed by atoms with Crippen LogP contribution in [-0.4, -0.2) is 25.6 Å². The van der Waals surface area contributed by atoms with Gasteiger partial charge in [0.05, 0.1) is 19.7 Å². The molecule has 0 aliphatic rings. The highest BCUT2D eigenvalue weighted by molar-refractivity contribution is 5.43. The Morgan fingerprint density at radius 2 is 2.06 bits per heavy atom. The highest BCUT2D eigenvalue weighted by Crippen LogP contribution is 2.25. The highest BCUT2D eigenvalue weighted by atomic mass is 16.5. The maximum atomic E-state index is 8.63. The zero-order valence-corrected chi connectivity index (χ0v) is 10.4. The Labute approximate surface area is 97.3 Å². The molecule has 0 aliphatic heterocycles. The number of benzene rings is 1. The molecule has 0 saturated heterocycles. The van der Waals surface area contributed by atoms with Crippen LogP contribution in [0.25, 0.3) is 0 Å². The summed E-state index contributed by atoms with van der Waals surface area (Å²) < 4.78 is 5.38. The Morgan fingerprint density at radius 1 is 1.38 bits per heavy atom. The Hall–Kier alpha value is -1.53. The third-order valence-electron chi connectivity index (χ3n) is 2.56. The van der Waals surface area contributed by atoms with Gasteiger partial charge in [-0.3, -0.25) is 4.90 Å². The minimum Gasteiger partial charge on any atom is -0.496 e. The number of ether oxygens (including phenoxy) is 1. The first-order chi connectivity index (χ1) is 7.58. The van der Waals surface area contributed by atoms with E-state index in [9.17, 15) is 0 Å². The van der Waals surface area contributed by atoms with Gasteiger partial charge in [0.2, 0.25) is 0 Å². The SMILES string of the molecule is COc1cc(C)cc(C)c1CN(C)CC#N. The van der Waals surface area contributed by atoms with Crippen molar-refractivity contribution < 1.29 is 4.74 Å². The molecule has 1 aromatic carbocycles. The standard InChI is InChI=1S/C13H18N2O/c1-10-7-11(2)12(13(8-10)16-4)9-15(3)6-5-14/h7-8H,6,9H2,1-4H3. The smallest absolute Gasteiger partial charge is 0.123 e. The molecule has 0 aliphatic carbocycles. The van der Waals surface area contributed by atoms with Crippen LogP contribution in [0.4, 0.5) is 0 Å². The third kappa shape index (κ3) is 2.98. The first kappa shape index (κ1) is 12.5. The second kappa shape index (κ2) is 5.53. The molecule has 3 heteroatoms. The van der Waals surface area contributed by atoms with Crippen LogP contribution in [0.1, 0.15) is 16.7 Å². The first-order valence-corrected chi connectivity index (χ1v) is 5.28. The molecule has 0 unspecified atom stereocenters. The molecule has 16 heavy (non-hydrogen) atoms. The molecule has 1 aromatic rings. The van der Waals surface area contributed by atoms with Gasteiger partial charge in [-0.2, -0.15) is 5.26 Å². The molecule has 0 radical (unpaired) electrons. The van der Waals surface area contributed by atoms with Gasteiger partial charge in [-0.05, 0) is 38.1 Å². The molecular formula is C13H18N2O. The fraction of sp³-hybridized carbons (Fsp3) is 0.462. The van der Waals surface area contributed by atoms with Crippen molar-refractivity contribution in [3.63, 3.8) is 0 Å². The molecule has 0 aromatic heterocycles. The highest BCUT2D eigenvalue weighted by Gasteiger charge is 2.09. The van der Waals surface area contributed by atoms with E-state index in [1.807, 2.05) is 18.0 Å². The zero-order valence-electron chi connectivity index (χ0n) is 10.4. The molecule has 0 fully saturated rings. The van der Waals surface area contributed by atoms with Crippen LogP contribution in [0, 0.1) is 25.2 Å². The monoisotopic (exact) mass is 218 g/mol. The van der Waals surface area contributed by atoms with Gasteiger partial charge < -0.3 is 4.74 Å². The average Bonchev–Trinajstić information content (AvgIpc) is 2.22. The molecule has 1 rings (SSSR count). The lowest BCUT2D eigenvalue weighted by atomic mass is 10.0. The summed E-state index contributed by atoms with van der Waals surface area (Å²) in [6.07, 6.45) is 0. The normalized spacial score (nSPS) is 10.2. The predicted octanol–water partition coefficient (Wildman–Crippen LogP) is 2.27. The number of rotatable bonds is 4. The van der Waals surface area contributed by atoms with Gasteiger partial charge in [-0.15, -0.1) is 0 Å². The summed E-state index contributed by atoms with van der Waals surface area (Å²) in [5.74, 6) is 0.905. The van der Waals surface area contributed by atoms with Gasteiger partial charge >= 0.3 is 0 Å². The van der Waals surface area contributed by atoms with Crippen LogP contribution in [0.3, 0.4) is 0 Å². The van der Waals surface area contributed by atoms with Crippen molar-refractivity contribution in [2.24, 2.45) is 0 Å². The topological polar surface area (TPSA) is 36.3 Å². The van der Waals surface area contributed by atoms with E-state index in [0.717, 1.165) is 17.9 Å². The second-order valence-electron chi connectivity index (χ2n) is 4.09. The number of nitriles is 1. The van der Waals surface area contributed by atoms with Crippen LogP contribution < -0.4 is 4.74 Å². The van der Waals surface area contributed by atoms with Crippen LogP contribution in [-0.2, 0) is 6.54 Å². The maximum absolute atomic E-state index is 8.63. The molecule has 3 nitrogen and oxygen atoms in total. The van der Waals surface area contributed by atoms with Gasteiger partial charge in [-0.1, -0.05) is 6.07 Å². The lowest BCUT2D eigenvalue weighted by Gasteiger charge is -2.18. The lowest BCUT2D eigenvalue weighted by molar-refractivity contribution is 0.348. The van der Waals surface area contributed by atoms with E-state index < -0.39 is 0 Å². The summed E-state index contributed by atoms with van der Waals surface area (Å²) in [7, 11) is 3.62. The van der Waals surface area contributed by atoms with E-state index in [1.54, 1.807) is 7.11 Å². The number of methoxy groups -OCH3 is 1. The largest absolute Gasteiger partial charge is 0.496 e. The summed E-state index contributed by atoms with van der Waals surface area (Å²) in [5, 5.41) is 8.63. The van der Waals surface area contributed by atoms with Crippen LogP contribution in [0.2, 0.25) is 0 Å². The summed E-state index contributed by atoms with van der Waals surface area (Å²) in [6.45, 7) is 5.29. The predicted molar refractivity (Wildman–Crippen MR) is 64.4 cm³/mol. The van der Waals surface area contributed by atoms with E-state index in [-0.39, 0.29) is 0 Å². The van der Waals surface area contributed by atoms with Crippen molar-refractivity contribution in [1.82, 2.24) is 4.90 Å². The van der Waals surface area contributed by atoms with Gasteiger partial charge in [0.15, 0.2) is 0 Å². The van der Waals surface area contributed by atoms with Crippen molar-refractivity contribution in [2.45, 2.75) is 20.4 Å². The summed E-state index contributed by atoms with van der Waals surface area (Å²) in [6, 6.07) is 6.31. The quantitative estimate of drug-likeness (QED) is 0.727. The van der Waals surface area contributed by atoms with Gasteiger partial charge in [0.1, 0.15) is 5.75 Å². The average molecular weight is 218 g/mol.